The van der Waals surface area contributed by atoms with E-state index in [0.29, 0.717) is 4.75 Å². The molecule has 0 radical (unpaired) electrons. The van der Waals surface area contributed by atoms with Gasteiger partial charge in [0, 0.05) is 5.38 Å². The predicted molar refractivity (Wildman–Crippen MR) is 68.7 cm³/mol. The van der Waals surface area contributed by atoms with Crippen molar-refractivity contribution in [2.75, 3.05) is 11.5 Å². The van der Waals surface area contributed by atoms with Gasteiger partial charge in [-0.05, 0) is 37.7 Å². The zero-order valence-corrected chi connectivity index (χ0v) is 10.9. The first-order valence-electron chi connectivity index (χ1n) is 4.94. The second-order valence-electron chi connectivity index (χ2n) is 3.80. The number of hydrogen-bond acceptors (Lipinski definition) is 4. The summed E-state index contributed by atoms with van der Waals surface area (Å²) in [7, 11) is 0. The van der Waals surface area contributed by atoms with Crippen LogP contribution in [-0.2, 0) is 11.2 Å². The van der Waals surface area contributed by atoms with Crippen molar-refractivity contribution in [2.24, 2.45) is 0 Å². The smallest absolute Gasteiger partial charge is 0.109 e. The number of thioether (sulfide) groups is 1. The van der Waals surface area contributed by atoms with Crippen LogP contribution in [0.25, 0.3) is 0 Å². The van der Waals surface area contributed by atoms with Gasteiger partial charge in [0.15, 0.2) is 0 Å². The number of aryl methyl sites for hydroxylation is 1. The van der Waals surface area contributed by atoms with Crippen molar-refractivity contribution < 1.29 is 0 Å². The van der Waals surface area contributed by atoms with E-state index in [4.69, 9.17) is 4.98 Å². The first-order valence-corrected chi connectivity index (χ1v) is 7.44. The molecule has 1 unspecified atom stereocenters. The zero-order valence-electron chi connectivity index (χ0n) is 8.32. The summed E-state index contributed by atoms with van der Waals surface area (Å²) >= 11 is 8.11. The van der Waals surface area contributed by atoms with Gasteiger partial charge < -0.3 is 0 Å². The summed E-state index contributed by atoms with van der Waals surface area (Å²) in [5, 5.41) is 3.51. The van der Waals surface area contributed by atoms with Crippen LogP contribution in [0.15, 0.2) is 5.38 Å². The van der Waals surface area contributed by atoms with E-state index in [1.807, 2.05) is 11.3 Å². The monoisotopic (exact) mass is 245 g/mol. The highest BCUT2D eigenvalue weighted by atomic mass is 32.2. The summed E-state index contributed by atoms with van der Waals surface area (Å²) < 4.78 is 0.305. The topological polar surface area (TPSA) is 12.9 Å². The van der Waals surface area contributed by atoms with Gasteiger partial charge in [-0.15, -0.1) is 23.1 Å². The second kappa shape index (κ2) is 4.45. The normalized spacial score (nSPS) is 27.0. The van der Waals surface area contributed by atoms with Crippen LogP contribution in [0.2, 0.25) is 0 Å². The van der Waals surface area contributed by atoms with Crippen LogP contribution in [-0.4, -0.2) is 16.5 Å². The average molecular weight is 245 g/mol. The van der Waals surface area contributed by atoms with Gasteiger partial charge in [-0.3, -0.25) is 0 Å². The van der Waals surface area contributed by atoms with E-state index in [1.165, 1.54) is 29.3 Å². The molecule has 0 amide bonds. The van der Waals surface area contributed by atoms with Crippen molar-refractivity contribution in [2.45, 2.75) is 30.9 Å². The summed E-state index contributed by atoms with van der Waals surface area (Å²) in [6, 6.07) is 0. The van der Waals surface area contributed by atoms with Gasteiger partial charge in [0.1, 0.15) is 5.01 Å². The summed E-state index contributed by atoms with van der Waals surface area (Å²) in [4.78, 5) is 4.70. The van der Waals surface area contributed by atoms with Crippen LogP contribution in [0, 0.1) is 0 Å². The van der Waals surface area contributed by atoms with Gasteiger partial charge in [0.25, 0.3) is 0 Å². The Morgan fingerprint density at radius 2 is 2.50 bits per heavy atom. The van der Waals surface area contributed by atoms with Crippen molar-refractivity contribution in [1.29, 1.82) is 0 Å². The molecule has 0 spiro atoms. The third-order valence-electron chi connectivity index (χ3n) is 2.59. The van der Waals surface area contributed by atoms with Crippen molar-refractivity contribution in [3.8, 4) is 0 Å². The molecule has 1 saturated heterocycles. The molecule has 1 nitrogen and oxygen atoms in total. The van der Waals surface area contributed by atoms with Crippen LogP contribution >= 0.6 is 35.7 Å². The fourth-order valence-corrected chi connectivity index (χ4v) is 4.41. The number of hydrogen-bond donors (Lipinski definition) is 1. The van der Waals surface area contributed by atoms with Gasteiger partial charge in [0.05, 0.1) is 10.4 Å². The Hall–Kier alpha value is 0.330. The van der Waals surface area contributed by atoms with Crippen LogP contribution in [0.1, 0.15) is 30.5 Å². The van der Waals surface area contributed by atoms with E-state index in [-0.39, 0.29) is 0 Å². The Balaban J connectivity index is 2.15. The van der Waals surface area contributed by atoms with E-state index in [9.17, 15) is 0 Å². The van der Waals surface area contributed by atoms with E-state index < -0.39 is 0 Å². The minimum atomic E-state index is 0.305. The molecule has 1 aliphatic rings. The second-order valence-corrected chi connectivity index (χ2v) is 6.70. The molecule has 1 aromatic heterocycles. The van der Waals surface area contributed by atoms with Crippen molar-refractivity contribution in [3.05, 3.63) is 16.1 Å². The molecule has 14 heavy (non-hydrogen) atoms. The first kappa shape index (κ1) is 10.8. The molecule has 0 saturated carbocycles. The minimum absolute atomic E-state index is 0.305. The molecule has 2 heterocycles. The Morgan fingerprint density at radius 1 is 1.64 bits per heavy atom. The highest BCUT2D eigenvalue weighted by Gasteiger charge is 2.34. The highest BCUT2D eigenvalue weighted by molar-refractivity contribution is 8.00. The van der Waals surface area contributed by atoms with E-state index >= 15 is 0 Å². The van der Waals surface area contributed by atoms with E-state index in [0.717, 1.165) is 12.2 Å². The molecule has 1 fully saturated rings. The Labute approximate surface area is 99.1 Å². The van der Waals surface area contributed by atoms with Crippen molar-refractivity contribution in [1.82, 2.24) is 4.98 Å². The first-order chi connectivity index (χ1) is 6.74. The molecule has 0 bridgehead atoms. The number of thiazole rings is 1. The molecule has 0 N–H and O–H groups in total. The van der Waals surface area contributed by atoms with Crippen LogP contribution < -0.4 is 0 Å². The summed E-state index contributed by atoms with van der Waals surface area (Å²) in [5.41, 5.74) is 1.22. The third kappa shape index (κ3) is 2.12. The summed E-state index contributed by atoms with van der Waals surface area (Å²) in [6.07, 6.45) is 3.62. The predicted octanol–water partition coefficient (Wildman–Crippen LogP) is 3.36. The lowest BCUT2D eigenvalue weighted by atomic mass is 10.1. The number of rotatable bonds is 3. The fraction of sp³-hybridized carbons (Fsp3) is 0.700. The Morgan fingerprint density at radius 3 is 3.14 bits per heavy atom. The maximum Gasteiger partial charge on any atom is 0.109 e. The average Bonchev–Trinajstić information content (AvgIpc) is 2.75. The molecule has 4 heteroatoms. The van der Waals surface area contributed by atoms with Gasteiger partial charge in [-0.2, -0.15) is 12.6 Å². The van der Waals surface area contributed by atoms with Gasteiger partial charge in [-0.25, -0.2) is 4.98 Å². The molecule has 1 aliphatic heterocycles. The summed E-state index contributed by atoms with van der Waals surface area (Å²) in [6.45, 7) is 2.33. The standard InChI is InChI=1S/C10H15NS3/c1-10(4-2-6-14-10)9-11-8(3-5-12)7-13-9/h7,12H,2-6H2,1H3. The van der Waals surface area contributed by atoms with Crippen molar-refractivity contribution >= 4 is 35.7 Å². The quantitative estimate of drug-likeness (QED) is 0.820. The third-order valence-corrected chi connectivity index (χ3v) is 5.63. The lowest BCUT2D eigenvalue weighted by Gasteiger charge is -2.18. The molecule has 1 aromatic rings. The molecule has 78 valence electrons. The highest BCUT2D eigenvalue weighted by Crippen LogP contribution is 2.47. The summed E-state index contributed by atoms with van der Waals surface area (Å²) in [5.74, 6) is 2.19. The Bertz CT molecular complexity index is 302. The van der Waals surface area contributed by atoms with Crippen LogP contribution in [0.5, 0.6) is 0 Å². The molecule has 0 aromatic carbocycles. The fourth-order valence-electron chi connectivity index (χ4n) is 1.73. The molecular formula is C10H15NS3. The maximum absolute atomic E-state index is 4.70. The zero-order chi connectivity index (χ0) is 10.0. The van der Waals surface area contributed by atoms with Gasteiger partial charge in [-0.1, -0.05) is 0 Å². The van der Waals surface area contributed by atoms with Gasteiger partial charge in [0.2, 0.25) is 0 Å². The Kier molecular flexibility index (Phi) is 3.45. The molecule has 1 atom stereocenters. The minimum Gasteiger partial charge on any atom is -0.245 e. The molecule has 2 rings (SSSR count). The SMILES string of the molecule is CC1(c2nc(CCS)cs2)CCCS1. The lowest BCUT2D eigenvalue weighted by Crippen LogP contribution is -2.12. The van der Waals surface area contributed by atoms with Crippen molar-refractivity contribution in [3.63, 3.8) is 0 Å². The molecular weight excluding hydrogens is 230 g/mol. The lowest BCUT2D eigenvalue weighted by molar-refractivity contribution is 0.639. The largest absolute Gasteiger partial charge is 0.245 e. The number of nitrogens with zero attached hydrogens (tertiary/aromatic N) is 1. The molecule has 0 aliphatic carbocycles. The number of aromatic nitrogens is 1. The van der Waals surface area contributed by atoms with Crippen LogP contribution in [0.4, 0.5) is 0 Å². The van der Waals surface area contributed by atoms with E-state index in [2.05, 4.69) is 36.7 Å². The van der Waals surface area contributed by atoms with Gasteiger partial charge >= 0.3 is 0 Å². The number of thiol groups is 1. The van der Waals surface area contributed by atoms with E-state index in [1.54, 1.807) is 0 Å². The maximum atomic E-state index is 4.70. The van der Waals surface area contributed by atoms with Crippen LogP contribution in [0.3, 0.4) is 0 Å².